The Hall–Kier alpha value is -3.19. The number of nitrogens with zero attached hydrogens (tertiary/aromatic N) is 3. The van der Waals surface area contributed by atoms with Gasteiger partial charge in [-0.3, -0.25) is 0 Å². The van der Waals surface area contributed by atoms with Crippen molar-refractivity contribution in [3.63, 3.8) is 0 Å². The van der Waals surface area contributed by atoms with E-state index in [0.717, 1.165) is 27.8 Å². The van der Waals surface area contributed by atoms with Crippen molar-refractivity contribution in [1.29, 1.82) is 0 Å². The van der Waals surface area contributed by atoms with Crippen LogP contribution in [0.2, 0.25) is 0 Å². The molecule has 3 aromatic rings. The van der Waals surface area contributed by atoms with E-state index in [0.29, 0.717) is 42.9 Å². The second-order valence-electron chi connectivity index (χ2n) is 6.32. The molecule has 0 unspecified atom stereocenters. The summed E-state index contributed by atoms with van der Waals surface area (Å²) in [5.41, 5.74) is 3.96. The van der Waals surface area contributed by atoms with Crippen LogP contribution in [0.25, 0.3) is 22.1 Å². The Morgan fingerprint density at radius 3 is 2.14 bits per heavy atom. The van der Waals surface area contributed by atoms with Crippen molar-refractivity contribution in [3.8, 4) is 11.5 Å². The van der Waals surface area contributed by atoms with Gasteiger partial charge in [0.05, 0.1) is 22.1 Å². The number of aromatic nitrogens is 2. The molecule has 0 amide bonds. The largest absolute Gasteiger partial charge is 0.486 e. The quantitative estimate of drug-likeness (QED) is 0.401. The molecule has 0 bridgehead atoms. The summed E-state index contributed by atoms with van der Waals surface area (Å²) in [4.78, 5) is 11.4. The van der Waals surface area contributed by atoms with E-state index in [1.807, 2.05) is 47.4 Å². The van der Waals surface area contributed by atoms with Crippen LogP contribution in [-0.2, 0) is 0 Å². The Bertz CT molecular complexity index is 1070. The zero-order valence-corrected chi connectivity index (χ0v) is 16.2. The van der Waals surface area contributed by atoms with Crippen LogP contribution in [-0.4, -0.2) is 46.3 Å². The average molecular weight is 392 g/mol. The molecule has 0 spiro atoms. The highest BCUT2D eigenvalue weighted by Gasteiger charge is 2.15. The van der Waals surface area contributed by atoms with E-state index in [2.05, 4.69) is 18.5 Å². The predicted octanol–water partition coefficient (Wildman–Crippen LogP) is 3.93. The topological polar surface area (TPSA) is 59.5 Å². The molecule has 28 heavy (non-hydrogen) atoms. The highest BCUT2D eigenvalue weighted by molar-refractivity contribution is 7.80. The lowest BCUT2D eigenvalue weighted by atomic mass is 10.2. The van der Waals surface area contributed by atoms with Crippen molar-refractivity contribution in [1.82, 2.24) is 14.9 Å². The van der Waals surface area contributed by atoms with Crippen molar-refractivity contribution in [3.05, 3.63) is 55.6 Å². The minimum absolute atomic E-state index is 0.539. The molecule has 0 atom stereocenters. The Kier molecular flexibility index (Phi) is 5.08. The molecule has 6 nitrogen and oxygen atoms in total. The number of hydrogen-bond acceptors (Lipinski definition) is 5. The second kappa shape index (κ2) is 7.82. The van der Waals surface area contributed by atoms with Crippen LogP contribution in [0.1, 0.15) is 0 Å². The molecule has 0 saturated carbocycles. The van der Waals surface area contributed by atoms with Crippen LogP contribution in [0.4, 0.5) is 5.69 Å². The summed E-state index contributed by atoms with van der Waals surface area (Å²) in [6.07, 6.45) is 3.61. The van der Waals surface area contributed by atoms with Gasteiger partial charge in [0.1, 0.15) is 13.2 Å². The van der Waals surface area contributed by atoms with Crippen molar-refractivity contribution in [2.45, 2.75) is 0 Å². The molecule has 7 heteroatoms. The summed E-state index contributed by atoms with van der Waals surface area (Å²) in [7, 11) is 0. The van der Waals surface area contributed by atoms with Gasteiger partial charge in [-0.2, -0.15) is 0 Å². The number of hydrogen-bond donors (Lipinski definition) is 1. The lowest BCUT2D eigenvalue weighted by molar-refractivity contribution is 0.172. The molecule has 0 fully saturated rings. The van der Waals surface area contributed by atoms with Gasteiger partial charge in [0.25, 0.3) is 0 Å². The smallest absolute Gasteiger partial charge is 0.173 e. The van der Waals surface area contributed by atoms with Gasteiger partial charge in [-0.15, -0.1) is 13.2 Å². The predicted molar refractivity (Wildman–Crippen MR) is 116 cm³/mol. The minimum Gasteiger partial charge on any atom is -0.486 e. The molecule has 2 heterocycles. The van der Waals surface area contributed by atoms with E-state index in [-0.39, 0.29) is 0 Å². The van der Waals surface area contributed by atoms with Gasteiger partial charge in [0, 0.05) is 30.9 Å². The van der Waals surface area contributed by atoms with Crippen LogP contribution in [0, 0.1) is 0 Å². The molecule has 1 aliphatic heterocycles. The third-order valence-electron chi connectivity index (χ3n) is 4.33. The van der Waals surface area contributed by atoms with Crippen molar-refractivity contribution in [2.75, 3.05) is 31.6 Å². The summed E-state index contributed by atoms with van der Waals surface area (Å²) < 4.78 is 11.3. The van der Waals surface area contributed by atoms with Gasteiger partial charge in [-0.1, -0.05) is 12.2 Å². The first-order valence-corrected chi connectivity index (χ1v) is 9.37. The Morgan fingerprint density at radius 2 is 1.54 bits per heavy atom. The van der Waals surface area contributed by atoms with Gasteiger partial charge in [-0.05, 0) is 30.4 Å². The van der Waals surface area contributed by atoms with Crippen molar-refractivity contribution >= 4 is 45.1 Å². The summed E-state index contributed by atoms with van der Waals surface area (Å²) >= 11 is 5.51. The molecule has 1 aliphatic rings. The average Bonchev–Trinajstić information content (AvgIpc) is 2.70. The zero-order chi connectivity index (χ0) is 19.5. The van der Waals surface area contributed by atoms with E-state index < -0.39 is 0 Å². The van der Waals surface area contributed by atoms with Crippen LogP contribution in [0.5, 0.6) is 11.5 Å². The first-order valence-electron chi connectivity index (χ1n) is 8.97. The minimum atomic E-state index is 0.539. The number of thiocarbonyl (C=S) groups is 1. The molecule has 4 rings (SSSR count). The Morgan fingerprint density at radius 1 is 0.964 bits per heavy atom. The van der Waals surface area contributed by atoms with Gasteiger partial charge >= 0.3 is 0 Å². The van der Waals surface area contributed by atoms with Crippen LogP contribution < -0.4 is 14.8 Å². The molecule has 142 valence electrons. The summed E-state index contributed by atoms with van der Waals surface area (Å²) in [5, 5.41) is 3.86. The van der Waals surface area contributed by atoms with E-state index in [4.69, 9.17) is 31.7 Å². The van der Waals surface area contributed by atoms with Gasteiger partial charge in [0.15, 0.2) is 16.6 Å². The second-order valence-corrected chi connectivity index (χ2v) is 6.71. The number of ether oxygens (including phenoxy) is 2. The summed E-state index contributed by atoms with van der Waals surface area (Å²) in [5.74, 6) is 1.41. The lowest BCUT2D eigenvalue weighted by Gasteiger charge is -2.23. The van der Waals surface area contributed by atoms with E-state index in [9.17, 15) is 0 Å². The Balaban J connectivity index is 1.66. The number of anilines is 1. The maximum Gasteiger partial charge on any atom is 0.173 e. The van der Waals surface area contributed by atoms with Gasteiger partial charge in [0.2, 0.25) is 0 Å². The first-order chi connectivity index (χ1) is 13.7. The molecular weight excluding hydrogens is 372 g/mol. The maximum absolute atomic E-state index is 5.65. The summed E-state index contributed by atoms with van der Waals surface area (Å²) in [6, 6.07) is 9.55. The molecule has 0 aliphatic carbocycles. The van der Waals surface area contributed by atoms with Crippen LogP contribution >= 0.6 is 12.2 Å². The van der Waals surface area contributed by atoms with E-state index >= 15 is 0 Å². The number of fused-ring (bicyclic) bond motifs is 3. The first kappa shape index (κ1) is 18.2. The number of rotatable bonds is 5. The van der Waals surface area contributed by atoms with Gasteiger partial charge in [-0.25, -0.2) is 9.97 Å². The zero-order valence-electron chi connectivity index (χ0n) is 15.4. The summed E-state index contributed by atoms with van der Waals surface area (Å²) in [6.45, 7) is 9.91. The normalized spacial score (nSPS) is 12.6. The Labute approximate surface area is 168 Å². The van der Waals surface area contributed by atoms with Crippen LogP contribution in [0.3, 0.4) is 0 Å². The number of benzene rings is 2. The molecule has 1 aromatic heterocycles. The van der Waals surface area contributed by atoms with E-state index in [1.165, 1.54) is 0 Å². The third kappa shape index (κ3) is 3.61. The molecular formula is C21H20N4O2S. The van der Waals surface area contributed by atoms with E-state index in [1.54, 1.807) is 0 Å². The fourth-order valence-corrected chi connectivity index (χ4v) is 3.31. The molecule has 0 saturated heterocycles. The highest BCUT2D eigenvalue weighted by atomic mass is 32.1. The highest BCUT2D eigenvalue weighted by Crippen LogP contribution is 2.34. The number of nitrogens with one attached hydrogen (secondary N) is 1. The molecule has 2 aromatic carbocycles. The monoisotopic (exact) mass is 392 g/mol. The molecule has 0 radical (unpaired) electrons. The fraction of sp³-hybridized carbons (Fsp3) is 0.190. The van der Waals surface area contributed by atoms with Crippen LogP contribution in [0.15, 0.2) is 55.6 Å². The van der Waals surface area contributed by atoms with Crippen molar-refractivity contribution < 1.29 is 9.47 Å². The molecule has 1 N–H and O–H groups in total. The maximum atomic E-state index is 5.65. The fourth-order valence-electron chi connectivity index (χ4n) is 3.05. The van der Waals surface area contributed by atoms with Gasteiger partial charge < -0.3 is 19.7 Å². The standard InChI is InChI=1S/C21H20N4O2S/c1-3-7-25(8-4-2)21(28)22-14-5-6-15-16(11-14)24-18-13-20-19(12-17(18)23-15)26-9-10-27-20/h3-6,11-13H,1-2,7-10H2,(H,22,28). The third-order valence-corrected chi connectivity index (χ3v) is 4.69. The lowest BCUT2D eigenvalue weighted by Crippen LogP contribution is -2.34. The van der Waals surface area contributed by atoms with Crippen molar-refractivity contribution in [2.24, 2.45) is 0 Å². The SMILES string of the molecule is C=CCN(CC=C)C(=S)Nc1ccc2nc3cc4c(cc3nc2c1)OCCO4.